The van der Waals surface area contributed by atoms with E-state index in [1.165, 1.54) is 23.9 Å². The van der Waals surface area contributed by atoms with Crippen LogP contribution in [0, 0.1) is 5.82 Å². The van der Waals surface area contributed by atoms with Crippen LogP contribution in [0.5, 0.6) is 0 Å². The highest BCUT2D eigenvalue weighted by Crippen LogP contribution is 2.29. The maximum Gasteiger partial charge on any atom is 0.236 e. The Labute approximate surface area is 161 Å². The molecule has 1 aliphatic rings. The normalized spacial score (nSPS) is 13.4. The van der Waals surface area contributed by atoms with Crippen LogP contribution in [0.15, 0.2) is 59.2 Å². The molecule has 4 rings (SSSR count). The number of thioether (sulfide) groups is 1. The molecule has 0 unspecified atom stereocenters. The van der Waals surface area contributed by atoms with Crippen LogP contribution >= 0.6 is 11.8 Å². The molecule has 4 nitrogen and oxygen atoms in total. The second-order valence-corrected chi connectivity index (χ2v) is 7.41. The Morgan fingerprint density at radius 1 is 1.22 bits per heavy atom. The van der Waals surface area contributed by atoms with Crippen LogP contribution in [-0.4, -0.2) is 23.2 Å². The number of amides is 1. The number of anilines is 1. The number of benzene rings is 2. The molecule has 0 saturated carbocycles. The smallest absolute Gasteiger partial charge is 0.236 e. The summed E-state index contributed by atoms with van der Waals surface area (Å²) in [7, 11) is 0. The first-order valence-electron chi connectivity index (χ1n) is 8.87. The molecule has 3 aromatic rings. The standard InChI is InChI=1S/C21H19FN2O2S/c22-17-9-8-15-7-4-10-24(19(15)11-17)20(25)14-27-13-18-12-26-21(23-18)16-5-2-1-3-6-16/h1-3,5-6,8-9,11-12H,4,7,10,13-14H2. The quantitative estimate of drug-likeness (QED) is 0.642. The first-order valence-corrected chi connectivity index (χ1v) is 10.0. The van der Waals surface area contributed by atoms with E-state index in [0.717, 1.165) is 29.7 Å². The summed E-state index contributed by atoms with van der Waals surface area (Å²) in [6.07, 6.45) is 3.41. The summed E-state index contributed by atoms with van der Waals surface area (Å²) in [5.74, 6) is 1.18. The number of halogens is 1. The molecule has 1 aromatic heterocycles. The van der Waals surface area contributed by atoms with E-state index in [2.05, 4.69) is 4.98 Å². The predicted octanol–water partition coefficient (Wildman–Crippen LogP) is 4.69. The molecule has 27 heavy (non-hydrogen) atoms. The maximum atomic E-state index is 13.6. The zero-order valence-corrected chi connectivity index (χ0v) is 15.5. The Hall–Kier alpha value is -2.60. The highest BCUT2D eigenvalue weighted by atomic mass is 32.2. The van der Waals surface area contributed by atoms with Crippen LogP contribution in [0.25, 0.3) is 11.5 Å². The lowest BCUT2D eigenvalue weighted by molar-refractivity contribution is -0.116. The maximum absolute atomic E-state index is 13.6. The Kier molecular flexibility index (Phi) is 5.25. The summed E-state index contributed by atoms with van der Waals surface area (Å²) in [4.78, 5) is 18.8. The first-order chi connectivity index (χ1) is 13.2. The van der Waals surface area contributed by atoms with Gasteiger partial charge in [0.1, 0.15) is 12.1 Å². The highest BCUT2D eigenvalue weighted by molar-refractivity contribution is 7.99. The number of hydrogen-bond donors (Lipinski definition) is 0. The summed E-state index contributed by atoms with van der Waals surface area (Å²) in [5.41, 5.74) is 3.47. The van der Waals surface area contributed by atoms with E-state index in [4.69, 9.17) is 4.42 Å². The minimum absolute atomic E-state index is 0.00155. The van der Waals surface area contributed by atoms with Crippen molar-refractivity contribution in [2.45, 2.75) is 18.6 Å². The van der Waals surface area contributed by atoms with Crippen molar-refractivity contribution >= 4 is 23.4 Å². The lowest BCUT2D eigenvalue weighted by Gasteiger charge is -2.29. The molecule has 0 bridgehead atoms. The van der Waals surface area contributed by atoms with Crippen molar-refractivity contribution in [1.82, 2.24) is 4.98 Å². The molecule has 6 heteroatoms. The molecule has 138 valence electrons. The summed E-state index contributed by atoms with van der Waals surface area (Å²) in [6, 6.07) is 14.4. The molecule has 0 N–H and O–H groups in total. The van der Waals surface area contributed by atoms with Crippen LogP contribution < -0.4 is 4.90 Å². The van der Waals surface area contributed by atoms with Gasteiger partial charge in [-0.1, -0.05) is 24.3 Å². The third-order valence-electron chi connectivity index (χ3n) is 4.51. The Morgan fingerprint density at radius 3 is 2.93 bits per heavy atom. The van der Waals surface area contributed by atoms with Gasteiger partial charge in [-0.25, -0.2) is 9.37 Å². The van der Waals surface area contributed by atoms with Crippen LogP contribution in [0.2, 0.25) is 0 Å². The van der Waals surface area contributed by atoms with Gasteiger partial charge in [-0.05, 0) is 42.7 Å². The first kappa shape index (κ1) is 17.8. The predicted molar refractivity (Wildman–Crippen MR) is 105 cm³/mol. The van der Waals surface area contributed by atoms with Gasteiger partial charge in [0.25, 0.3) is 0 Å². The molecule has 0 saturated heterocycles. The van der Waals surface area contributed by atoms with Crippen LogP contribution in [-0.2, 0) is 17.0 Å². The van der Waals surface area contributed by atoms with Crippen LogP contribution in [0.3, 0.4) is 0 Å². The van der Waals surface area contributed by atoms with E-state index in [9.17, 15) is 9.18 Å². The minimum Gasteiger partial charge on any atom is -0.444 e. The monoisotopic (exact) mass is 382 g/mol. The number of oxazole rings is 1. The molecule has 1 amide bonds. The van der Waals surface area contributed by atoms with E-state index in [1.54, 1.807) is 17.2 Å². The summed E-state index contributed by atoms with van der Waals surface area (Å²) >= 11 is 1.49. The molecule has 0 spiro atoms. The van der Waals surface area contributed by atoms with Gasteiger partial charge in [0.2, 0.25) is 11.8 Å². The van der Waals surface area contributed by atoms with Gasteiger partial charge in [-0.3, -0.25) is 4.79 Å². The van der Waals surface area contributed by atoms with Crippen molar-refractivity contribution in [1.29, 1.82) is 0 Å². The van der Waals surface area contributed by atoms with Crippen molar-refractivity contribution < 1.29 is 13.6 Å². The SMILES string of the molecule is O=C(CSCc1coc(-c2ccccc2)n1)N1CCCc2ccc(F)cc21. The summed E-state index contributed by atoms with van der Waals surface area (Å²) < 4.78 is 19.1. The minimum atomic E-state index is -0.308. The number of fused-ring (bicyclic) bond motifs is 1. The average molecular weight is 382 g/mol. The number of nitrogens with zero attached hydrogens (tertiary/aromatic N) is 2. The number of hydrogen-bond acceptors (Lipinski definition) is 4. The Bertz CT molecular complexity index is 942. The third-order valence-corrected chi connectivity index (χ3v) is 5.47. The van der Waals surface area contributed by atoms with Crippen molar-refractivity contribution in [3.05, 3.63) is 71.9 Å². The molecule has 0 aliphatic carbocycles. The molecule has 0 radical (unpaired) electrons. The molecule has 0 fully saturated rings. The van der Waals surface area contributed by atoms with Crippen molar-refractivity contribution in [3.8, 4) is 11.5 Å². The van der Waals surface area contributed by atoms with Crippen LogP contribution in [0.4, 0.5) is 10.1 Å². The van der Waals surface area contributed by atoms with Gasteiger partial charge in [-0.2, -0.15) is 0 Å². The molecule has 1 aliphatic heterocycles. The zero-order valence-electron chi connectivity index (χ0n) is 14.7. The Balaban J connectivity index is 1.36. The highest BCUT2D eigenvalue weighted by Gasteiger charge is 2.23. The lowest BCUT2D eigenvalue weighted by Crippen LogP contribution is -2.36. The van der Waals surface area contributed by atoms with E-state index < -0.39 is 0 Å². The zero-order chi connectivity index (χ0) is 18.6. The fraction of sp³-hybridized carbons (Fsp3) is 0.238. The van der Waals surface area contributed by atoms with Crippen molar-refractivity contribution in [2.24, 2.45) is 0 Å². The van der Waals surface area contributed by atoms with Crippen molar-refractivity contribution in [3.63, 3.8) is 0 Å². The fourth-order valence-corrected chi connectivity index (χ4v) is 3.99. The molecular formula is C21H19FN2O2S. The molecule has 2 heterocycles. The van der Waals surface area contributed by atoms with E-state index in [0.29, 0.717) is 29.6 Å². The van der Waals surface area contributed by atoms with Crippen LogP contribution in [0.1, 0.15) is 17.7 Å². The van der Waals surface area contributed by atoms with Gasteiger partial charge in [0.05, 0.1) is 11.4 Å². The molecule has 0 atom stereocenters. The number of rotatable bonds is 5. The fourth-order valence-electron chi connectivity index (χ4n) is 3.21. The van der Waals surface area contributed by atoms with E-state index in [-0.39, 0.29) is 11.7 Å². The van der Waals surface area contributed by atoms with E-state index in [1.807, 2.05) is 30.3 Å². The number of carbonyl (C=O) groups excluding carboxylic acids is 1. The Morgan fingerprint density at radius 2 is 2.07 bits per heavy atom. The number of aromatic nitrogens is 1. The number of carbonyl (C=O) groups is 1. The van der Waals surface area contributed by atoms with Gasteiger partial charge < -0.3 is 9.32 Å². The van der Waals surface area contributed by atoms with Crippen molar-refractivity contribution in [2.75, 3.05) is 17.2 Å². The molecular weight excluding hydrogens is 363 g/mol. The van der Waals surface area contributed by atoms with E-state index >= 15 is 0 Å². The topological polar surface area (TPSA) is 46.3 Å². The summed E-state index contributed by atoms with van der Waals surface area (Å²) in [6.45, 7) is 0.637. The molecule has 2 aromatic carbocycles. The van der Waals surface area contributed by atoms with Gasteiger partial charge >= 0.3 is 0 Å². The number of aryl methyl sites for hydroxylation is 1. The second-order valence-electron chi connectivity index (χ2n) is 6.42. The van der Waals surface area contributed by atoms with Gasteiger partial charge in [0.15, 0.2) is 0 Å². The summed E-state index contributed by atoms with van der Waals surface area (Å²) in [5, 5.41) is 0. The average Bonchev–Trinajstić information content (AvgIpc) is 3.17. The lowest BCUT2D eigenvalue weighted by atomic mass is 10.0. The van der Waals surface area contributed by atoms with Gasteiger partial charge in [-0.15, -0.1) is 11.8 Å². The van der Waals surface area contributed by atoms with Gasteiger partial charge in [0, 0.05) is 23.5 Å². The largest absolute Gasteiger partial charge is 0.444 e. The second kappa shape index (κ2) is 7.96. The third kappa shape index (κ3) is 4.06.